The number of piperidine rings is 1. The molecule has 1 saturated heterocycles. The lowest BCUT2D eigenvalue weighted by molar-refractivity contribution is -0.122. The van der Waals surface area contributed by atoms with Crippen molar-refractivity contribution in [2.45, 2.75) is 38.1 Å². The first-order valence-corrected chi connectivity index (χ1v) is 9.51. The van der Waals surface area contributed by atoms with Gasteiger partial charge in [0.2, 0.25) is 5.91 Å². The molecule has 1 aromatic heterocycles. The van der Waals surface area contributed by atoms with Crippen molar-refractivity contribution in [2.75, 3.05) is 25.0 Å². The van der Waals surface area contributed by atoms with Gasteiger partial charge < -0.3 is 15.5 Å². The number of rotatable bonds is 4. The van der Waals surface area contributed by atoms with E-state index in [1.165, 1.54) is 0 Å². The van der Waals surface area contributed by atoms with Crippen molar-refractivity contribution in [3.8, 4) is 0 Å². The average molecular weight is 367 g/mol. The van der Waals surface area contributed by atoms with Gasteiger partial charge in [0.05, 0.1) is 11.6 Å². The smallest absolute Gasteiger partial charge is 0.317 e. The van der Waals surface area contributed by atoms with Crippen LogP contribution in [0.5, 0.6) is 0 Å². The van der Waals surface area contributed by atoms with E-state index in [1.807, 2.05) is 48.3 Å². The van der Waals surface area contributed by atoms with Gasteiger partial charge in [0.25, 0.3) is 0 Å². The Labute approximate surface area is 158 Å². The van der Waals surface area contributed by atoms with E-state index in [0.717, 1.165) is 42.6 Å². The van der Waals surface area contributed by atoms with E-state index < -0.39 is 5.41 Å². The molecule has 2 N–H and O–H groups in total. The number of aryl methyl sites for hydroxylation is 2. The van der Waals surface area contributed by atoms with Gasteiger partial charge in [-0.25, -0.2) is 4.79 Å². The average Bonchev–Trinajstić information content (AvgIpc) is 3.21. The van der Waals surface area contributed by atoms with Crippen LogP contribution in [0.2, 0.25) is 0 Å². The molecular formula is C20H25N5O2. The van der Waals surface area contributed by atoms with Gasteiger partial charge in [0.15, 0.2) is 0 Å². The molecule has 0 unspecified atom stereocenters. The number of carbonyl (C=O) groups excluding carboxylic acids is 2. The van der Waals surface area contributed by atoms with Crippen LogP contribution in [0.1, 0.15) is 30.4 Å². The van der Waals surface area contributed by atoms with E-state index in [1.54, 1.807) is 4.90 Å². The Morgan fingerprint density at radius 1 is 1.37 bits per heavy atom. The van der Waals surface area contributed by atoms with Crippen molar-refractivity contribution in [2.24, 2.45) is 0 Å². The molecule has 1 fully saturated rings. The first-order chi connectivity index (χ1) is 13.1. The molecule has 2 aliphatic heterocycles. The van der Waals surface area contributed by atoms with Crippen molar-refractivity contribution in [3.05, 3.63) is 47.8 Å². The molecule has 2 aromatic rings. The highest BCUT2D eigenvalue weighted by molar-refractivity contribution is 6.06. The molecule has 2 aliphatic rings. The number of urea groups is 1. The zero-order valence-electron chi connectivity index (χ0n) is 15.6. The van der Waals surface area contributed by atoms with Gasteiger partial charge in [-0.1, -0.05) is 18.2 Å². The van der Waals surface area contributed by atoms with Gasteiger partial charge in [0, 0.05) is 38.1 Å². The van der Waals surface area contributed by atoms with Crippen molar-refractivity contribution in [1.29, 1.82) is 0 Å². The quantitative estimate of drug-likeness (QED) is 0.814. The molecule has 7 heteroatoms. The molecule has 142 valence electrons. The van der Waals surface area contributed by atoms with E-state index in [9.17, 15) is 9.59 Å². The van der Waals surface area contributed by atoms with Gasteiger partial charge in [-0.15, -0.1) is 0 Å². The van der Waals surface area contributed by atoms with Crippen LogP contribution in [0.25, 0.3) is 0 Å². The lowest BCUT2D eigenvalue weighted by Gasteiger charge is -2.39. The van der Waals surface area contributed by atoms with E-state index >= 15 is 0 Å². The van der Waals surface area contributed by atoms with Gasteiger partial charge >= 0.3 is 6.03 Å². The number of para-hydroxylation sites is 1. The van der Waals surface area contributed by atoms with Crippen molar-refractivity contribution < 1.29 is 9.59 Å². The predicted octanol–water partition coefficient (Wildman–Crippen LogP) is 2.28. The number of aromatic nitrogens is 2. The highest BCUT2D eigenvalue weighted by Crippen LogP contribution is 2.43. The van der Waals surface area contributed by atoms with Crippen molar-refractivity contribution in [3.63, 3.8) is 0 Å². The van der Waals surface area contributed by atoms with E-state index in [4.69, 9.17) is 0 Å². The molecule has 1 atom stereocenters. The minimum absolute atomic E-state index is 0.00949. The fourth-order valence-corrected chi connectivity index (χ4v) is 4.15. The number of nitrogens with one attached hydrogen (secondary N) is 2. The van der Waals surface area contributed by atoms with Crippen LogP contribution >= 0.6 is 0 Å². The van der Waals surface area contributed by atoms with Crippen LogP contribution < -0.4 is 10.6 Å². The van der Waals surface area contributed by atoms with Crippen LogP contribution in [-0.2, 0) is 16.8 Å². The normalized spacial score (nSPS) is 21.2. The van der Waals surface area contributed by atoms with Crippen molar-refractivity contribution >= 4 is 17.6 Å². The maximum absolute atomic E-state index is 12.7. The van der Waals surface area contributed by atoms with E-state index in [-0.39, 0.29) is 11.9 Å². The maximum Gasteiger partial charge on any atom is 0.317 e. The predicted molar refractivity (Wildman–Crippen MR) is 103 cm³/mol. The lowest BCUT2D eigenvalue weighted by atomic mass is 9.75. The summed E-state index contributed by atoms with van der Waals surface area (Å²) in [5.41, 5.74) is 2.41. The van der Waals surface area contributed by atoms with Gasteiger partial charge in [-0.3, -0.25) is 9.48 Å². The summed E-state index contributed by atoms with van der Waals surface area (Å²) < 4.78 is 1.89. The second-order valence-corrected chi connectivity index (χ2v) is 7.47. The van der Waals surface area contributed by atoms with Gasteiger partial charge in [-0.2, -0.15) is 5.10 Å². The highest BCUT2D eigenvalue weighted by Gasteiger charge is 2.49. The van der Waals surface area contributed by atoms with Gasteiger partial charge in [-0.05, 0) is 43.4 Å². The molecule has 3 heterocycles. The Bertz CT molecular complexity index is 862. The third kappa shape index (κ3) is 3.29. The summed E-state index contributed by atoms with van der Waals surface area (Å²) in [6.07, 6.45) is 6.23. The van der Waals surface area contributed by atoms with Gasteiger partial charge in [0.1, 0.15) is 0 Å². The molecule has 1 aromatic carbocycles. The van der Waals surface area contributed by atoms with Crippen LogP contribution in [0, 0.1) is 6.92 Å². The van der Waals surface area contributed by atoms with Crippen LogP contribution in [0.4, 0.5) is 10.5 Å². The number of anilines is 1. The van der Waals surface area contributed by atoms with Crippen molar-refractivity contribution in [1.82, 2.24) is 20.0 Å². The molecule has 0 bridgehead atoms. The molecule has 0 aliphatic carbocycles. The lowest BCUT2D eigenvalue weighted by Crippen LogP contribution is -2.54. The SMILES string of the molecule is Cc1cnn(CCCNC(=O)N2CCC[C@]3(C2)C(=O)Nc2ccccc23)c1. The number of benzene rings is 1. The summed E-state index contributed by atoms with van der Waals surface area (Å²) in [4.78, 5) is 27.1. The Kier molecular flexibility index (Phi) is 4.59. The second kappa shape index (κ2) is 7.06. The first kappa shape index (κ1) is 17.6. The zero-order chi connectivity index (χ0) is 18.9. The number of hydrogen-bond donors (Lipinski definition) is 2. The van der Waals surface area contributed by atoms with Crippen LogP contribution in [0.15, 0.2) is 36.7 Å². The summed E-state index contributed by atoms with van der Waals surface area (Å²) >= 11 is 0. The molecule has 0 saturated carbocycles. The Morgan fingerprint density at radius 3 is 3.04 bits per heavy atom. The molecule has 0 radical (unpaired) electrons. The molecule has 4 rings (SSSR count). The third-order valence-electron chi connectivity index (χ3n) is 5.51. The minimum Gasteiger partial charge on any atom is -0.338 e. The number of nitrogens with zero attached hydrogens (tertiary/aromatic N) is 3. The molecule has 27 heavy (non-hydrogen) atoms. The monoisotopic (exact) mass is 367 g/mol. The Morgan fingerprint density at radius 2 is 2.22 bits per heavy atom. The summed E-state index contributed by atoms with van der Waals surface area (Å²) in [5.74, 6) is 0.00949. The Balaban J connectivity index is 1.35. The number of amides is 3. The van der Waals surface area contributed by atoms with E-state index in [2.05, 4.69) is 15.7 Å². The number of fused-ring (bicyclic) bond motifs is 2. The molecule has 1 spiro atoms. The fourth-order valence-electron chi connectivity index (χ4n) is 4.15. The zero-order valence-corrected chi connectivity index (χ0v) is 15.6. The summed E-state index contributed by atoms with van der Waals surface area (Å²) in [7, 11) is 0. The summed E-state index contributed by atoms with van der Waals surface area (Å²) in [5, 5.41) is 10.2. The minimum atomic E-state index is -0.612. The summed E-state index contributed by atoms with van der Waals surface area (Å²) in [6, 6.07) is 7.71. The molecule has 3 amide bonds. The first-order valence-electron chi connectivity index (χ1n) is 9.51. The largest absolute Gasteiger partial charge is 0.338 e. The van der Waals surface area contributed by atoms with Crippen LogP contribution in [-0.4, -0.2) is 46.3 Å². The topological polar surface area (TPSA) is 79.3 Å². The third-order valence-corrected chi connectivity index (χ3v) is 5.51. The number of hydrogen-bond acceptors (Lipinski definition) is 3. The second-order valence-electron chi connectivity index (χ2n) is 7.47. The van der Waals surface area contributed by atoms with E-state index in [0.29, 0.717) is 19.6 Å². The van der Waals surface area contributed by atoms with Crippen LogP contribution in [0.3, 0.4) is 0 Å². The number of carbonyl (C=O) groups is 2. The summed E-state index contributed by atoms with van der Waals surface area (Å²) in [6.45, 7) is 4.48. The molecular weight excluding hydrogens is 342 g/mol. The highest BCUT2D eigenvalue weighted by atomic mass is 16.2. The fraction of sp³-hybridized carbons (Fsp3) is 0.450. The number of likely N-dealkylation sites (tertiary alicyclic amines) is 1. The maximum atomic E-state index is 12.7. The standard InChI is InChI=1S/C20H25N5O2/c1-15-12-22-25(13-15)11-5-9-21-19(27)24-10-4-8-20(14-24)16-6-2-3-7-17(16)23-18(20)26/h2-3,6-7,12-13H,4-5,8-11,14H2,1H3,(H,21,27)(H,23,26)/t20-/m1/s1. The Hall–Kier alpha value is -2.83. The molecule has 7 nitrogen and oxygen atoms in total.